The first-order valence-electron chi connectivity index (χ1n) is 5.67. The molecule has 0 atom stereocenters. The first-order chi connectivity index (χ1) is 9.08. The van der Waals surface area contributed by atoms with Crippen LogP contribution in [0.3, 0.4) is 0 Å². The molecule has 7 N–H and O–H groups in total. The van der Waals surface area contributed by atoms with E-state index in [9.17, 15) is 0 Å². The zero-order valence-corrected chi connectivity index (χ0v) is 10.2. The Labute approximate surface area is 110 Å². The number of aromatic nitrogens is 1. The van der Waals surface area contributed by atoms with Gasteiger partial charge in [0.15, 0.2) is 11.5 Å². The largest absolute Gasteiger partial charge is 0.504 e. The predicted molar refractivity (Wildman–Crippen MR) is 76.9 cm³/mol. The molecule has 0 saturated heterocycles. The molecule has 0 bridgehead atoms. The van der Waals surface area contributed by atoms with Gasteiger partial charge in [0.2, 0.25) is 0 Å². The SMILES string of the molecule is Nc1cc2ccccc2[nH]1.Nc1cccc(O)c1O. The zero-order chi connectivity index (χ0) is 13.8. The molecule has 0 aliphatic heterocycles. The van der Waals surface area contributed by atoms with Gasteiger partial charge in [-0.1, -0.05) is 24.3 Å². The van der Waals surface area contributed by atoms with Gasteiger partial charge in [-0.15, -0.1) is 0 Å². The molecule has 0 aliphatic rings. The first kappa shape index (κ1) is 12.6. The molecule has 0 spiro atoms. The van der Waals surface area contributed by atoms with E-state index in [1.165, 1.54) is 17.5 Å². The molecule has 3 rings (SSSR count). The minimum atomic E-state index is -0.252. The van der Waals surface area contributed by atoms with Gasteiger partial charge in [0.1, 0.15) is 5.82 Å². The van der Waals surface area contributed by atoms with Crippen molar-refractivity contribution in [3.8, 4) is 11.5 Å². The topological polar surface area (TPSA) is 108 Å². The van der Waals surface area contributed by atoms with Crippen LogP contribution in [0.1, 0.15) is 0 Å². The molecule has 19 heavy (non-hydrogen) atoms. The van der Waals surface area contributed by atoms with Crippen LogP contribution in [-0.4, -0.2) is 15.2 Å². The number of nitrogen functional groups attached to an aromatic ring is 2. The van der Waals surface area contributed by atoms with E-state index in [-0.39, 0.29) is 17.2 Å². The van der Waals surface area contributed by atoms with Crippen molar-refractivity contribution in [1.29, 1.82) is 0 Å². The maximum absolute atomic E-state index is 8.83. The quantitative estimate of drug-likeness (QED) is 0.315. The third-order valence-electron chi connectivity index (χ3n) is 2.60. The lowest BCUT2D eigenvalue weighted by atomic mass is 10.3. The number of hydrogen-bond donors (Lipinski definition) is 5. The summed E-state index contributed by atoms with van der Waals surface area (Å²) < 4.78 is 0. The maximum Gasteiger partial charge on any atom is 0.180 e. The van der Waals surface area contributed by atoms with Gasteiger partial charge in [0.05, 0.1) is 5.69 Å². The van der Waals surface area contributed by atoms with Crippen LogP contribution in [0.5, 0.6) is 11.5 Å². The Kier molecular flexibility index (Phi) is 3.47. The summed E-state index contributed by atoms with van der Waals surface area (Å²) in [5.74, 6) is 0.286. The van der Waals surface area contributed by atoms with Crippen molar-refractivity contribution in [3.05, 3.63) is 48.5 Å². The number of nitrogens with two attached hydrogens (primary N) is 2. The summed E-state index contributed by atoms with van der Waals surface area (Å²) in [4.78, 5) is 3.04. The second-order valence-electron chi connectivity index (χ2n) is 4.03. The van der Waals surface area contributed by atoms with E-state index in [0.29, 0.717) is 0 Å². The van der Waals surface area contributed by atoms with E-state index in [1.54, 1.807) is 6.07 Å². The van der Waals surface area contributed by atoms with Gasteiger partial charge in [-0.2, -0.15) is 0 Å². The number of phenolic OH excluding ortho intramolecular Hbond substituents is 2. The fourth-order valence-corrected chi connectivity index (χ4v) is 1.64. The van der Waals surface area contributed by atoms with Gasteiger partial charge >= 0.3 is 0 Å². The zero-order valence-electron chi connectivity index (χ0n) is 10.2. The second-order valence-corrected chi connectivity index (χ2v) is 4.03. The molecule has 0 aliphatic carbocycles. The van der Waals surface area contributed by atoms with Crippen LogP contribution in [0, 0.1) is 0 Å². The molecule has 0 amide bonds. The molecule has 2 aromatic carbocycles. The van der Waals surface area contributed by atoms with Crippen LogP contribution in [0.15, 0.2) is 48.5 Å². The third-order valence-corrected chi connectivity index (χ3v) is 2.60. The monoisotopic (exact) mass is 257 g/mol. The fraction of sp³-hybridized carbons (Fsp3) is 0. The number of rotatable bonds is 0. The first-order valence-corrected chi connectivity index (χ1v) is 5.67. The molecule has 1 heterocycles. The van der Waals surface area contributed by atoms with E-state index in [2.05, 4.69) is 4.98 Å². The molecule has 0 saturated carbocycles. The number of hydrogen-bond acceptors (Lipinski definition) is 4. The van der Waals surface area contributed by atoms with Crippen molar-refractivity contribution < 1.29 is 10.2 Å². The third kappa shape index (κ3) is 2.90. The number of aromatic amines is 1. The van der Waals surface area contributed by atoms with Gasteiger partial charge < -0.3 is 26.7 Å². The molecule has 5 heteroatoms. The predicted octanol–water partition coefficient (Wildman–Crippen LogP) is 2.43. The molecule has 5 nitrogen and oxygen atoms in total. The number of anilines is 2. The fourth-order valence-electron chi connectivity index (χ4n) is 1.64. The highest BCUT2D eigenvalue weighted by atomic mass is 16.3. The van der Waals surface area contributed by atoms with E-state index >= 15 is 0 Å². The second kappa shape index (κ2) is 5.22. The Morgan fingerprint density at radius 3 is 2.26 bits per heavy atom. The van der Waals surface area contributed by atoms with Crippen LogP contribution in [0.2, 0.25) is 0 Å². The number of nitrogens with one attached hydrogen (secondary N) is 1. The van der Waals surface area contributed by atoms with Crippen LogP contribution >= 0.6 is 0 Å². The van der Waals surface area contributed by atoms with Crippen molar-refractivity contribution in [3.63, 3.8) is 0 Å². The van der Waals surface area contributed by atoms with E-state index in [1.807, 2.05) is 30.3 Å². The number of benzene rings is 2. The summed E-state index contributed by atoms with van der Waals surface area (Å²) in [7, 11) is 0. The average molecular weight is 257 g/mol. The van der Waals surface area contributed by atoms with Crippen LogP contribution in [0.25, 0.3) is 10.9 Å². The van der Waals surface area contributed by atoms with Crippen LogP contribution in [0.4, 0.5) is 11.5 Å². The molecule has 1 aromatic heterocycles. The lowest BCUT2D eigenvalue weighted by molar-refractivity contribution is 0.405. The molecule has 98 valence electrons. The van der Waals surface area contributed by atoms with E-state index < -0.39 is 0 Å². The molecule has 3 aromatic rings. The molecule has 0 fully saturated rings. The highest BCUT2D eigenvalue weighted by Crippen LogP contribution is 2.29. The van der Waals surface area contributed by atoms with Crippen molar-refractivity contribution in [2.75, 3.05) is 11.5 Å². The van der Waals surface area contributed by atoms with Gasteiger partial charge in [-0.05, 0) is 24.3 Å². The minimum absolute atomic E-state index is 0.185. The number of H-pyrrole nitrogens is 1. The lowest BCUT2D eigenvalue weighted by Crippen LogP contribution is -1.83. The molecule has 0 unspecified atom stereocenters. The molecule has 0 radical (unpaired) electrons. The van der Waals surface area contributed by atoms with Crippen LogP contribution in [-0.2, 0) is 0 Å². The Morgan fingerprint density at radius 1 is 0.895 bits per heavy atom. The van der Waals surface area contributed by atoms with Crippen molar-refractivity contribution in [2.24, 2.45) is 0 Å². The summed E-state index contributed by atoms with van der Waals surface area (Å²) in [6.07, 6.45) is 0. The number of phenols is 2. The summed E-state index contributed by atoms with van der Waals surface area (Å²) in [5, 5.41) is 18.8. The normalized spacial score (nSPS) is 9.89. The maximum atomic E-state index is 8.83. The lowest BCUT2D eigenvalue weighted by Gasteiger charge is -1.97. The van der Waals surface area contributed by atoms with Crippen LogP contribution < -0.4 is 11.5 Å². The standard InChI is InChI=1S/C8H8N2.C6H7NO2/c9-8-5-6-3-1-2-4-7(6)10-8;7-4-2-1-3-5(8)6(4)9/h1-5,10H,9H2;1-3,8-9H,7H2. The Morgan fingerprint density at radius 2 is 1.63 bits per heavy atom. The summed E-state index contributed by atoms with van der Waals surface area (Å²) in [6.45, 7) is 0. The molecular formula is C14H15N3O2. The highest BCUT2D eigenvalue weighted by molar-refractivity contribution is 5.83. The smallest absolute Gasteiger partial charge is 0.180 e. The Hall–Kier alpha value is -2.82. The summed E-state index contributed by atoms with van der Waals surface area (Å²) in [6, 6.07) is 14.4. The van der Waals surface area contributed by atoms with Crippen molar-refractivity contribution in [1.82, 2.24) is 4.98 Å². The van der Waals surface area contributed by atoms with E-state index in [4.69, 9.17) is 21.7 Å². The average Bonchev–Trinajstić information content (AvgIpc) is 2.76. The van der Waals surface area contributed by atoms with Crippen molar-refractivity contribution >= 4 is 22.4 Å². The number of aromatic hydroxyl groups is 2. The summed E-state index contributed by atoms with van der Waals surface area (Å²) in [5.41, 5.74) is 12.0. The van der Waals surface area contributed by atoms with E-state index in [0.717, 1.165) is 11.3 Å². The summed E-state index contributed by atoms with van der Waals surface area (Å²) >= 11 is 0. The number of fused-ring (bicyclic) bond motifs is 1. The van der Waals surface area contributed by atoms with Gasteiger partial charge in [-0.3, -0.25) is 0 Å². The van der Waals surface area contributed by atoms with Crippen molar-refractivity contribution in [2.45, 2.75) is 0 Å². The van der Waals surface area contributed by atoms with Gasteiger partial charge in [0.25, 0.3) is 0 Å². The minimum Gasteiger partial charge on any atom is -0.504 e. The Bertz CT molecular complexity index is 639. The number of para-hydroxylation sites is 2. The van der Waals surface area contributed by atoms with Gasteiger partial charge in [-0.25, -0.2) is 0 Å². The van der Waals surface area contributed by atoms with Gasteiger partial charge in [0, 0.05) is 10.9 Å². The Balaban J connectivity index is 0.000000141. The highest BCUT2D eigenvalue weighted by Gasteiger charge is 1.99. The molecular weight excluding hydrogens is 242 g/mol.